The van der Waals surface area contributed by atoms with Crippen molar-refractivity contribution in [3.63, 3.8) is 0 Å². The van der Waals surface area contributed by atoms with Crippen LogP contribution < -0.4 is 5.32 Å². The number of benzene rings is 1. The lowest BCUT2D eigenvalue weighted by atomic mass is 9.98. The molecule has 1 saturated carbocycles. The molecular formula is C19H22N4OS. The summed E-state index contributed by atoms with van der Waals surface area (Å²) in [4.78, 5) is 19.5. The van der Waals surface area contributed by atoms with E-state index in [1.54, 1.807) is 11.3 Å². The minimum absolute atomic E-state index is 0.0519. The van der Waals surface area contributed by atoms with Crippen LogP contribution in [-0.4, -0.2) is 34.4 Å². The topological polar surface area (TPSA) is 69.0 Å². The SMILES string of the molecule is C[C@](C#N)(NC(=O)CN1CCC[C@@H]1c1nc2ccccc2s1)C1CC1. The Morgan fingerprint density at radius 3 is 2.96 bits per heavy atom. The summed E-state index contributed by atoms with van der Waals surface area (Å²) in [6, 6.07) is 10.7. The second kappa shape index (κ2) is 6.40. The molecule has 4 rings (SSSR count). The zero-order chi connectivity index (χ0) is 17.4. The Morgan fingerprint density at radius 2 is 2.24 bits per heavy atom. The molecule has 1 N–H and O–H groups in total. The summed E-state index contributed by atoms with van der Waals surface area (Å²) in [6.07, 6.45) is 4.17. The van der Waals surface area contributed by atoms with Crippen molar-refractivity contribution in [2.45, 2.75) is 44.2 Å². The molecule has 1 aromatic heterocycles. The summed E-state index contributed by atoms with van der Waals surface area (Å²) in [7, 11) is 0. The van der Waals surface area contributed by atoms with Crippen molar-refractivity contribution in [1.82, 2.24) is 15.2 Å². The van der Waals surface area contributed by atoms with Crippen LogP contribution in [0.1, 0.15) is 43.7 Å². The van der Waals surface area contributed by atoms with E-state index in [1.807, 2.05) is 25.1 Å². The minimum atomic E-state index is -0.720. The number of fused-ring (bicyclic) bond motifs is 1. The number of nitriles is 1. The lowest BCUT2D eigenvalue weighted by Gasteiger charge is -2.26. The third-order valence-corrected chi connectivity index (χ3v) is 6.47. The average Bonchev–Trinajstić information content (AvgIpc) is 3.23. The zero-order valence-corrected chi connectivity index (χ0v) is 15.2. The van der Waals surface area contributed by atoms with Gasteiger partial charge in [-0.25, -0.2) is 4.98 Å². The normalized spacial score (nSPS) is 23.3. The van der Waals surface area contributed by atoms with Crippen molar-refractivity contribution in [3.05, 3.63) is 29.3 Å². The number of rotatable bonds is 5. The summed E-state index contributed by atoms with van der Waals surface area (Å²) >= 11 is 1.72. The van der Waals surface area contributed by atoms with E-state index in [-0.39, 0.29) is 11.9 Å². The fraction of sp³-hybridized carbons (Fsp3) is 0.526. The van der Waals surface area contributed by atoms with Crippen LogP contribution in [0.15, 0.2) is 24.3 Å². The molecule has 25 heavy (non-hydrogen) atoms. The van der Waals surface area contributed by atoms with E-state index in [0.717, 1.165) is 42.8 Å². The van der Waals surface area contributed by atoms with Crippen molar-refractivity contribution in [1.29, 1.82) is 5.26 Å². The first-order valence-corrected chi connectivity index (χ1v) is 9.72. The number of para-hydroxylation sites is 1. The van der Waals surface area contributed by atoms with Gasteiger partial charge in [-0.3, -0.25) is 9.69 Å². The smallest absolute Gasteiger partial charge is 0.235 e. The molecule has 2 fully saturated rings. The Bertz CT molecular complexity index is 804. The predicted octanol–water partition coefficient (Wildman–Crippen LogP) is 3.24. The Labute approximate surface area is 151 Å². The molecule has 1 aliphatic heterocycles. The zero-order valence-electron chi connectivity index (χ0n) is 14.4. The Kier molecular flexibility index (Phi) is 4.22. The largest absolute Gasteiger partial charge is 0.337 e. The van der Waals surface area contributed by atoms with E-state index in [1.165, 1.54) is 4.70 Å². The molecule has 1 saturated heterocycles. The monoisotopic (exact) mass is 354 g/mol. The van der Waals surface area contributed by atoms with Crippen LogP contribution in [0.5, 0.6) is 0 Å². The number of carbonyl (C=O) groups is 1. The molecule has 2 heterocycles. The van der Waals surface area contributed by atoms with Gasteiger partial charge < -0.3 is 5.32 Å². The third-order valence-electron chi connectivity index (χ3n) is 5.33. The van der Waals surface area contributed by atoms with E-state index in [9.17, 15) is 10.1 Å². The Hall–Kier alpha value is -1.97. The lowest BCUT2D eigenvalue weighted by molar-refractivity contribution is -0.123. The number of likely N-dealkylation sites (tertiary alicyclic amines) is 1. The van der Waals surface area contributed by atoms with E-state index >= 15 is 0 Å². The van der Waals surface area contributed by atoms with Crippen LogP contribution in [0.25, 0.3) is 10.2 Å². The predicted molar refractivity (Wildman–Crippen MR) is 98.1 cm³/mol. The molecule has 0 radical (unpaired) electrons. The molecule has 1 aromatic carbocycles. The van der Waals surface area contributed by atoms with E-state index in [0.29, 0.717) is 12.5 Å². The van der Waals surface area contributed by atoms with Gasteiger partial charge in [0.2, 0.25) is 5.91 Å². The molecule has 130 valence electrons. The highest BCUT2D eigenvalue weighted by Gasteiger charge is 2.43. The van der Waals surface area contributed by atoms with Gasteiger partial charge in [0.15, 0.2) is 0 Å². The average molecular weight is 354 g/mol. The van der Waals surface area contributed by atoms with Gasteiger partial charge in [0.25, 0.3) is 0 Å². The van der Waals surface area contributed by atoms with Crippen molar-refractivity contribution < 1.29 is 4.79 Å². The lowest BCUT2D eigenvalue weighted by Crippen LogP contribution is -2.50. The van der Waals surface area contributed by atoms with E-state index < -0.39 is 5.54 Å². The minimum Gasteiger partial charge on any atom is -0.337 e. The van der Waals surface area contributed by atoms with Crippen LogP contribution in [0.3, 0.4) is 0 Å². The van der Waals surface area contributed by atoms with Gasteiger partial charge in [-0.05, 0) is 57.2 Å². The summed E-state index contributed by atoms with van der Waals surface area (Å²) in [5.74, 6) is 0.254. The molecule has 2 aliphatic rings. The molecule has 2 aromatic rings. The highest BCUT2D eigenvalue weighted by molar-refractivity contribution is 7.18. The molecule has 6 heteroatoms. The number of nitrogens with zero attached hydrogens (tertiary/aromatic N) is 3. The van der Waals surface area contributed by atoms with Gasteiger partial charge in [0, 0.05) is 0 Å². The molecule has 0 unspecified atom stereocenters. The van der Waals surface area contributed by atoms with Crippen LogP contribution in [0, 0.1) is 17.2 Å². The fourth-order valence-corrected chi connectivity index (χ4v) is 4.86. The number of nitrogens with one attached hydrogen (secondary N) is 1. The van der Waals surface area contributed by atoms with E-state index in [2.05, 4.69) is 22.4 Å². The van der Waals surface area contributed by atoms with Crippen LogP contribution >= 0.6 is 11.3 Å². The molecule has 1 aliphatic carbocycles. The Morgan fingerprint density at radius 1 is 1.44 bits per heavy atom. The van der Waals surface area contributed by atoms with Crippen LogP contribution in [0.4, 0.5) is 0 Å². The number of thiazole rings is 1. The summed E-state index contributed by atoms with van der Waals surface area (Å²) in [5, 5.41) is 13.5. The quantitative estimate of drug-likeness (QED) is 0.895. The highest BCUT2D eigenvalue weighted by atomic mass is 32.1. The summed E-state index contributed by atoms with van der Waals surface area (Å²) < 4.78 is 1.19. The van der Waals surface area contributed by atoms with Gasteiger partial charge in [-0.2, -0.15) is 5.26 Å². The van der Waals surface area contributed by atoms with Gasteiger partial charge in [0.1, 0.15) is 10.5 Å². The van der Waals surface area contributed by atoms with Gasteiger partial charge in [-0.15, -0.1) is 11.3 Å². The summed E-state index contributed by atoms with van der Waals surface area (Å²) in [5.41, 5.74) is 0.312. The van der Waals surface area contributed by atoms with E-state index in [4.69, 9.17) is 4.98 Å². The highest BCUT2D eigenvalue weighted by Crippen LogP contribution is 2.39. The maximum Gasteiger partial charge on any atom is 0.235 e. The molecule has 2 atom stereocenters. The van der Waals surface area contributed by atoms with Gasteiger partial charge in [-0.1, -0.05) is 12.1 Å². The van der Waals surface area contributed by atoms with Crippen molar-refractivity contribution >= 4 is 27.5 Å². The molecule has 5 nitrogen and oxygen atoms in total. The fourth-order valence-electron chi connectivity index (χ4n) is 3.72. The number of carbonyl (C=O) groups excluding carboxylic acids is 1. The third kappa shape index (κ3) is 3.26. The first-order chi connectivity index (χ1) is 12.1. The van der Waals surface area contributed by atoms with Crippen LogP contribution in [0.2, 0.25) is 0 Å². The first-order valence-electron chi connectivity index (χ1n) is 8.91. The number of amides is 1. The van der Waals surface area contributed by atoms with Crippen LogP contribution in [-0.2, 0) is 4.79 Å². The molecule has 1 amide bonds. The number of hydrogen-bond acceptors (Lipinski definition) is 5. The molecule has 0 bridgehead atoms. The van der Waals surface area contributed by atoms with Gasteiger partial charge in [0.05, 0.1) is 28.9 Å². The maximum absolute atomic E-state index is 12.5. The second-order valence-corrected chi connectivity index (χ2v) is 8.35. The standard InChI is InChI=1S/C19H22N4OS/c1-19(12-20,13-8-9-13)22-17(24)11-23-10-4-6-15(23)18-21-14-5-2-3-7-16(14)25-18/h2-3,5,7,13,15H,4,6,8-11H2,1H3,(H,22,24)/t15-,19-/m1/s1. The summed E-state index contributed by atoms with van der Waals surface area (Å²) in [6.45, 7) is 3.09. The van der Waals surface area contributed by atoms with Crippen molar-refractivity contribution in [2.75, 3.05) is 13.1 Å². The number of hydrogen-bond donors (Lipinski definition) is 1. The van der Waals surface area contributed by atoms with Gasteiger partial charge >= 0.3 is 0 Å². The van der Waals surface area contributed by atoms with Crippen molar-refractivity contribution in [2.24, 2.45) is 5.92 Å². The Balaban J connectivity index is 1.46. The number of aromatic nitrogens is 1. The van der Waals surface area contributed by atoms with Crippen molar-refractivity contribution in [3.8, 4) is 6.07 Å². The molecule has 0 spiro atoms. The maximum atomic E-state index is 12.5. The molecular weight excluding hydrogens is 332 g/mol. The first kappa shape index (κ1) is 16.5. The second-order valence-electron chi connectivity index (χ2n) is 7.28.